The van der Waals surface area contributed by atoms with Crippen molar-refractivity contribution >= 4 is 17.5 Å². The number of nitrogens with zero attached hydrogens (tertiary/aromatic N) is 2. The molecule has 0 spiro atoms. The molecule has 1 aromatic carbocycles. The van der Waals surface area contributed by atoms with Gasteiger partial charge in [-0.3, -0.25) is 0 Å². The highest BCUT2D eigenvalue weighted by atomic mass is 19.4. The van der Waals surface area contributed by atoms with Crippen LogP contribution in [0.3, 0.4) is 0 Å². The van der Waals surface area contributed by atoms with Crippen molar-refractivity contribution in [2.24, 2.45) is 0 Å². The Morgan fingerprint density at radius 2 is 1.59 bits per heavy atom. The summed E-state index contributed by atoms with van der Waals surface area (Å²) in [5.74, 6) is 1.01. The number of anilines is 3. The third kappa shape index (κ3) is 4.93. The summed E-state index contributed by atoms with van der Waals surface area (Å²) in [4.78, 5) is 7.84. The number of benzene rings is 1. The predicted octanol–water partition coefficient (Wildman–Crippen LogP) is 4.61. The normalized spacial score (nSPS) is 14.9. The standard InChI is InChI=1S/C18H21F3N4O2/c1-26-13-7-12(8-14(9-13)27-2)22-16-10-15(18(19,20)21)24-17(25-16)23-11-5-3-4-6-11/h7-11H,3-6H2,1-2H3,(H2,22,23,24,25). The SMILES string of the molecule is COc1cc(Nc2cc(C(F)(F)F)nc(NC3CCCC3)n2)cc(OC)c1. The third-order valence-electron chi connectivity index (χ3n) is 4.33. The fraction of sp³-hybridized carbons (Fsp3) is 0.444. The second kappa shape index (κ2) is 7.89. The minimum absolute atomic E-state index is 0.0333. The van der Waals surface area contributed by atoms with Gasteiger partial charge in [-0.25, -0.2) is 4.98 Å². The van der Waals surface area contributed by atoms with Gasteiger partial charge in [-0.05, 0) is 12.8 Å². The molecule has 1 heterocycles. The van der Waals surface area contributed by atoms with Crippen LogP contribution in [0.4, 0.5) is 30.6 Å². The van der Waals surface area contributed by atoms with Crippen molar-refractivity contribution in [2.45, 2.75) is 37.9 Å². The minimum atomic E-state index is -4.57. The van der Waals surface area contributed by atoms with E-state index in [1.165, 1.54) is 14.2 Å². The van der Waals surface area contributed by atoms with E-state index in [0.29, 0.717) is 17.2 Å². The molecule has 2 N–H and O–H groups in total. The van der Waals surface area contributed by atoms with Crippen LogP contribution >= 0.6 is 0 Å². The first-order valence-electron chi connectivity index (χ1n) is 8.60. The molecule has 3 rings (SSSR count). The summed E-state index contributed by atoms with van der Waals surface area (Å²) in [7, 11) is 2.99. The molecule has 0 saturated heterocycles. The summed E-state index contributed by atoms with van der Waals surface area (Å²) in [6, 6.07) is 5.92. The summed E-state index contributed by atoms with van der Waals surface area (Å²) >= 11 is 0. The monoisotopic (exact) mass is 382 g/mol. The summed E-state index contributed by atoms with van der Waals surface area (Å²) in [6.45, 7) is 0. The molecule has 6 nitrogen and oxygen atoms in total. The van der Waals surface area contributed by atoms with Crippen LogP contribution in [-0.4, -0.2) is 30.2 Å². The second-order valence-corrected chi connectivity index (χ2v) is 6.31. The highest BCUT2D eigenvalue weighted by Crippen LogP contribution is 2.32. The molecule has 0 aliphatic heterocycles. The van der Waals surface area contributed by atoms with Gasteiger partial charge in [0.05, 0.1) is 14.2 Å². The zero-order valence-electron chi connectivity index (χ0n) is 15.1. The van der Waals surface area contributed by atoms with Gasteiger partial charge in [0.2, 0.25) is 5.95 Å². The lowest BCUT2D eigenvalue weighted by atomic mass is 10.2. The van der Waals surface area contributed by atoms with Crippen LogP contribution < -0.4 is 20.1 Å². The van der Waals surface area contributed by atoms with E-state index in [1.54, 1.807) is 18.2 Å². The lowest BCUT2D eigenvalue weighted by Gasteiger charge is -2.16. The Hall–Kier alpha value is -2.71. The van der Waals surface area contributed by atoms with Gasteiger partial charge >= 0.3 is 6.18 Å². The third-order valence-corrected chi connectivity index (χ3v) is 4.33. The van der Waals surface area contributed by atoms with E-state index in [9.17, 15) is 13.2 Å². The number of nitrogens with one attached hydrogen (secondary N) is 2. The topological polar surface area (TPSA) is 68.3 Å². The number of rotatable bonds is 6. The van der Waals surface area contributed by atoms with Crippen LogP contribution in [0.5, 0.6) is 11.5 Å². The molecule has 9 heteroatoms. The second-order valence-electron chi connectivity index (χ2n) is 6.31. The first-order chi connectivity index (χ1) is 12.9. The number of hydrogen-bond acceptors (Lipinski definition) is 6. The van der Waals surface area contributed by atoms with Crippen LogP contribution in [0.15, 0.2) is 24.3 Å². The minimum Gasteiger partial charge on any atom is -0.497 e. The van der Waals surface area contributed by atoms with Gasteiger partial charge in [-0.1, -0.05) is 12.8 Å². The highest BCUT2D eigenvalue weighted by Gasteiger charge is 2.34. The van der Waals surface area contributed by atoms with Gasteiger partial charge in [0.15, 0.2) is 5.69 Å². The molecule has 146 valence electrons. The zero-order valence-corrected chi connectivity index (χ0v) is 15.1. The zero-order chi connectivity index (χ0) is 19.4. The largest absolute Gasteiger partial charge is 0.497 e. The number of methoxy groups -OCH3 is 2. The fourth-order valence-electron chi connectivity index (χ4n) is 3.00. The average molecular weight is 382 g/mol. The maximum Gasteiger partial charge on any atom is 0.433 e. The van der Waals surface area contributed by atoms with E-state index in [2.05, 4.69) is 20.6 Å². The van der Waals surface area contributed by atoms with Gasteiger partial charge in [0.1, 0.15) is 17.3 Å². The van der Waals surface area contributed by atoms with Crippen molar-refractivity contribution < 1.29 is 22.6 Å². The Morgan fingerprint density at radius 1 is 0.963 bits per heavy atom. The van der Waals surface area contributed by atoms with Crippen molar-refractivity contribution in [2.75, 3.05) is 24.9 Å². The molecule has 1 saturated carbocycles. The predicted molar refractivity (Wildman–Crippen MR) is 95.7 cm³/mol. The van der Waals surface area contributed by atoms with Crippen molar-refractivity contribution in [3.8, 4) is 11.5 Å². The van der Waals surface area contributed by atoms with E-state index in [-0.39, 0.29) is 17.8 Å². The molecule has 0 bridgehead atoms. The van der Waals surface area contributed by atoms with Gasteiger partial charge in [-0.15, -0.1) is 0 Å². The van der Waals surface area contributed by atoms with Crippen molar-refractivity contribution in [3.05, 3.63) is 30.0 Å². The molecule has 1 aliphatic rings. The Morgan fingerprint density at radius 3 is 2.15 bits per heavy atom. The molecular formula is C18H21F3N4O2. The molecule has 0 unspecified atom stereocenters. The lowest BCUT2D eigenvalue weighted by Crippen LogP contribution is -2.19. The Labute approximate surface area is 155 Å². The van der Waals surface area contributed by atoms with Crippen LogP contribution in [0, 0.1) is 0 Å². The first kappa shape index (κ1) is 19.1. The Bertz CT molecular complexity index is 770. The average Bonchev–Trinajstić information content (AvgIpc) is 3.13. The Balaban J connectivity index is 1.91. The van der Waals surface area contributed by atoms with Crippen LogP contribution in [0.25, 0.3) is 0 Å². The van der Waals surface area contributed by atoms with Gasteiger partial charge in [0.25, 0.3) is 0 Å². The molecule has 0 radical (unpaired) electrons. The summed E-state index contributed by atoms with van der Waals surface area (Å²) in [5.41, 5.74) is -0.514. The maximum absolute atomic E-state index is 13.3. The molecule has 1 aliphatic carbocycles. The molecule has 1 fully saturated rings. The smallest absolute Gasteiger partial charge is 0.433 e. The number of ether oxygens (including phenoxy) is 2. The van der Waals surface area contributed by atoms with E-state index >= 15 is 0 Å². The van der Waals surface area contributed by atoms with E-state index < -0.39 is 11.9 Å². The Kier molecular flexibility index (Phi) is 5.57. The molecule has 0 amide bonds. The van der Waals surface area contributed by atoms with Gasteiger partial charge < -0.3 is 20.1 Å². The van der Waals surface area contributed by atoms with Crippen LogP contribution in [0.1, 0.15) is 31.4 Å². The van der Waals surface area contributed by atoms with Crippen molar-refractivity contribution in [1.82, 2.24) is 9.97 Å². The highest BCUT2D eigenvalue weighted by molar-refractivity contribution is 5.62. The van der Waals surface area contributed by atoms with Crippen LogP contribution in [-0.2, 0) is 6.18 Å². The van der Waals surface area contributed by atoms with Crippen LogP contribution in [0.2, 0.25) is 0 Å². The molecular weight excluding hydrogens is 361 g/mol. The quantitative estimate of drug-likeness (QED) is 0.760. The molecule has 0 atom stereocenters. The van der Waals surface area contributed by atoms with Crippen molar-refractivity contribution in [1.29, 1.82) is 0 Å². The van der Waals surface area contributed by atoms with Gasteiger partial charge in [-0.2, -0.15) is 18.2 Å². The van der Waals surface area contributed by atoms with E-state index in [4.69, 9.17) is 9.47 Å². The summed E-state index contributed by atoms with van der Waals surface area (Å²) < 4.78 is 50.1. The lowest BCUT2D eigenvalue weighted by molar-refractivity contribution is -0.141. The molecule has 2 aromatic rings. The summed E-state index contributed by atoms with van der Waals surface area (Å²) in [5, 5.41) is 5.89. The van der Waals surface area contributed by atoms with E-state index in [0.717, 1.165) is 31.7 Å². The molecule has 27 heavy (non-hydrogen) atoms. The maximum atomic E-state index is 13.3. The number of hydrogen-bond donors (Lipinski definition) is 2. The van der Waals surface area contributed by atoms with Crippen molar-refractivity contribution in [3.63, 3.8) is 0 Å². The molecule has 1 aromatic heterocycles. The fourth-order valence-corrected chi connectivity index (χ4v) is 3.00. The van der Waals surface area contributed by atoms with Gasteiger partial charge in [0, 0.05) is 36.0 Å². The first-order valence-corrected chi connectivity index (χ1v) is 8.60. The van der Waals surface area contributed by atoms with E-state index in [1.807, 2.05) is 0 Å². The summed E-state index contributed by atoms with van der Waals surface area (Å²) in [6.07, 6.45) is -0.681. The number of alkyl halides is 3. The number of halogens is 3. The number of aromatic nitrogens is 2.